The summed E-state index contributed by atoms with van der Waals surface area (Å²) in [7, 11) is 2.01. The number of carbonyl (C=O) groups is 2. The fourth-order valence-corrected chi connectivity index (χ4v) is 4.00. The molecule has 0 saturated carbocycles. The second-order valence-electron chi connectivity index (χ2n) is 7.73. The number of aromatic nitrogens is 2. The monoisotopic (exact) mass is 405 g/mol. The molecular weight excluding hydrogens is 378 g/mol. The molecule has 156 valence electrons. The minimum absolute atomic E-state index is 0.00846. The smallest absolute Gasteiger partial charge is 0.272 e. The number of hydrogen-bond acceptors (Lipinski definition) is 4. The number of nitrogens with one attached hydrogen (secondary N) is 1. The van der Waals surface area contributed by atoms with Gasteiger partial charge in [-0.05, 0) is 32.2 Å². The first-order valence-electron chi connectivity index (χ1n) is 10.4. The molecule has 1 atom stereocenters. The van der Waals surface area contributed by atoms with Gasteiger partial charge in [0.15, 0.2) is 5.69 Å². The number of carbonyl (C=O) groups excluding carboxylic acids is 2. The van der Waals surface area contributed by atoms with Crippen LogP contribution in [-0.2, 0) is 6.54 Å². The zero-order chi connectivity index (χ0) is 21.1. The molecule has 1 fully saturated rings. The molecule has 2 heterocycles. The first-order chi connectivity index (χ1) is 14.6. The molecule has 1 aromatic heterocycles. The lowest BCUT2D eigenvalue weighted by atomic mass is 10.1. The van der Waals surface area contributed by atoms with Gasteiger partial charge in [-0.25, -0.2) is 0 Å². The highest BCUT2D eigenvalue weighted by Gasteiger charge is 2.27. The van der Waals surface area contributed by atoms with Gasteiger partial charge in [-0.15, -0.1) is 0 Å². The zero-order valence-electron chi connectivity index (χ0n) is 17.4. The molecule has 1 aliphatic rings. The van der Waals surface area contributed by atoms with Crippen LogP contribution in [0.4, 0.5) is 0 Å². The van der Waals surface area contributed by atoms with Crippen LogP contribution in [0.5, 0.6) is 0 Å². The lowest BCUT2D eigenvalue weighted by Crippen LogP contribution is -2.47. The Morgan fingerprint density at radius 1 is 1.03 bits per heavy atom. The van der Waals surface area contributed by atoms with Crippen molar-refractivity contribution in [3.8, 4) is 0 Å². The second-order valence-corrected chi connectivity index (χ2v) is 7.73. The number of fused-ring (bicyclic) bond motifs is 1. The van der Waals surface area contributed by atoms with Gasteiger partial charge in [0, 0.05) is 43.7 Å². The third-order valence-electron chi connectivity index (χ3n) is 5.54. The first-order valence-corrected chi connectivity index (χ1v) is 10.4. The molecule has 0 spiro atoms. The average Bonchev–Trinajstić information content (AvgIpc) is 3.05. The number of aryl methyl sites for hydroxylation is 1. The summed E-state index contributed by atoms with van der Waals surface area (Å²) in [6.45, 7) is 5.24. The van der Waals surface area contributed by atoms with E-state index >= 15 is 0 Å². The molecule has 7 heteroatoms. The van der Waals surface area contributed by atoms with E-state index in [1.165, 1.54) is 0 Å². The summed E-state index contributed by atoms with van der Waals surface area (Å²) in [6.07, 6.45) is 0. The Labute approximate surface area is 176 Å². The predicted octanol–water partition coefficient (Wildman–Crippen LogP) is 2.24. The molecule has 2 amide bonds. The molecule has 0 radical (unpaired) electrons. The molecule has 2 aromatic carbocycles. The highest BCUT2D eigenvalue weighted by atomic mass is 16.2. The maximum Gasteiger partial charge on any atom is 0.272 e. The van der Waals surface area contributed by atoms with E-state index in [1.54, 1.807) is 0 Å². The van der Waals surface area contributed by atoms with Gasteiger partial charge in [-0.2, -0.15) is 5.10 Å². The van der Waals surface area contributed by atoms with Crippen molar-refractivity contribution in [3.63, 3.8) is 0 Å². The SMILES string of the molecule is CCn1nc(C(=O)NC2CN(C)CCN(C(=O)c3ccccc3)C2)c2ccccc21. The minimum atomic E-state index is -0.203. The summed E-state index contributed by atoms with van der Waals surface area (Å²) in [4.78, 5) is 30.0. The van der Waals surface area contributed by atoms with Crippen LogP contribution >= 0.6 is 0 Å². The zero-order valence-corrected chi connectivity index (χ0v) is 17.4. The quantitative estimate of drug-likeness (QED) is 0.723. The number of amides is 2. The molecule has 3 aromatic rings. The van der Waals surface area contributed by atoms with Crippen molar-refractivity contribution >= 4 is 22.7 Å². The Hall–Kier alpha value is -3.19. The van der Waals surface area contributed by atoms with Crippen LogP contribution in [0.1, 0.15) is 27.8 Å². The van der Waals surface area contributed by atoms with Crippen LogP contribution in [0, 0.1) is 0 Å². The summed E-state index contributed by atoms with van der Waals surface area (Å²) >= 11 is 0. The summed E-state index contributed by atoms with van der Waals surface area (Å²) < 4.78 is 1.84. The van der Waals surface area contributed by atoms with Crippen LogP contribution in [0.25, 0.3) is 10.9 Å². The van der Waals surface area contributed by atoms with Crippen LogP contribution in [-0.4, -0.2) is 70.7 Å². The minimum Gasteiger partial charge on any atom is -0.345 e. The Kier molecular flexibility index (Phi) is 5.81. The summed E-state index contributed by atoms with van der Waals surface area (Å²) in [5, 5.41) is 8.49. The van der Waals surface area contributed by atoms with Crippen molar-refractivity contribution in [1.82, 2.24) is 24.9 Å². The van der Waals surface area contributed by atoms with E-state index in [2.05, 4.69) is 15.3 Å². The first kappa shape index (κ1) is 20.1. The molecule has 0 bridgehead atoms. The lowest BCUT2D eigenvalue weighted by molar-refractivity contribution is 0.0742. The summed E-state index contributed by atoms with van der Waals surface area (Å²) in [5.41, 5.74) is 2.05. The van der Waals surface area contributed by atoms with Gasteiger partial charge in [0.2, 0.25) is 0 Å². The van der Waals surface area contributed by atoms with Gasteiger partial charge < -0.3 is 15.1 Å². The third-order valence-corrected chi connectivity index (χ3v) is 5.54. The van der Waals surface area contributed by atoms with Gasteiger partial charge in [-0.1, -0.05) is 36.4 Å². The Balaban J connectivity index is 1.54. The second kappa shape index (κ2) is 8.67. The van der Waals surface area contributed by atoms with Crippen LogP contribution in [0.15, 0.2) is 54.6 Å². The molecule has 30 heavy (non-hydrogen) atoms. The number of hydrogen-bond donors (Lipinski definition) is 1. The summed E-state index contributed by atoms with van der Waals surface area (Å²) in [6, 6.07) is 16.9. The Bertz CT molecular complexity index is 1050. The number of rotatable bonds is 4. The number of likely N-dealkylation sites (N-methyl/N-ethyl adjacent to an activating group) is 1. The Morgan fingerprint density at radius 2 is 1.77 bits per heavy atom. The molecular formula is C23H27N5O2. The molecule has 7 nitrogen and oxygen atoms in total. The van der Waals surface area contributed by atoms with E-state index in [9.17, 15) is 9.59 Å². The van der Waals surface area contributed by atoms with Gasteiger partial charge in [0.25, 0.3) is 11.8 Å². The topological polar surface area (TPSA) is 70.5 Å². The molecule has 4 rings (SSSR count). The van der Waals surface area contributed by atoms with Crippen LogP contribution < -0.4 is 5.32 Å². The molecule has 1 saturated heterocycles. The third kappa shape index (κ3) is 4.07. The highest BCUT2D eigenvalue weighted by molar-refractivity contribution is 6.05. The number of nitrogens with zero attached hydrogens (tertiary/aromatic N) is 4. The molecule has 1 aliphatic heterocycles. The maximum atomic E-state index is 13.1. The van der Waals surface area contributed by atoms with E-state index in [1.807, 2.05) is 78.2 Å². The van der Waals surface area contributed by atoms with Gasteiger partial charge in [0.05, 0.1) is 11.6 Å². The lowest BCUT2D eigenvalue weighted by Gasteiger charge is -2.25. The van der Waals surface area contributed by atoms with Crippen molar-refractivity contribution in [1.29, 1.82) is 0 Å². The standard InChI is InChI=1S/C23H27N5O2/c1-3-28-20-12-8-7-11-19(20)21(25-28)22(29)24-18-15-26(2)13-14-27(16-18)23(30)17-9-5-4-6-10-17/h4-12,18H,3,13-16H2,1-2H3,(H,24,29). The maximum absolute atomic E-state index is 13.1. The number of benzene rings is 2. The van der Waals surface area contributed by atoms with Crippen molar-refractivity contribution in [2.24, 2.45) is 0 Å². The molecule has 0 aliphatic carbocycles. The molecule has 1 N–H and O–H groups in total. The Morgan fingerprint density at radius 3 is 2.53 bits per heavy atom. The van der Waals surface area contributed by atoms with Crippen molar-refractivity contribution in [2.75, 3.05) is 33.2 Å². The van der Waals surface area contributed by atoms with E-state index in [-0.39, 0.29) is 17.9 Å². The predicted molar refractivity (Wildman–Crippen MR) is 117 cm³/mol. The van der Waals surface area contributed by atoms with Crippen LogP contribution in [0.2, 0.25) is 0 Å². The van der Waals surface area contributed by atoms with Crippen molar-refractivity contribution in [2.45, 2.75) is 19.5 Å². The van der Waals surface area contributed by atoms with Crippen molar-refractivity contribution in [3.05, 3.63) is 65.9 Å². The normalized spacial score (nSPS) is 17.7. The largest absolute Gasteiger partial charge is 0.345 e. The fourth-order valence-electron chi connectivity index (χ4n) is 4.00. The van der Waals surface area contributed by atoms with Gasteiger partial charge in [-0.3, -0.25) is 14.3 Å². The fraction of sp³-hybridized carbons (Fsp3) is 0.348. The summed E-state index contributed by atoms with van der Waals surface area (Å²) in [5.74, 6) is -0.211. The van der Waals surface area contributed by atoms with Crippen LogP contribution in [0.3, 0.4) is 0 Å². The van der Waals surface area contributed by atoms with Gasteiger partial charge >= 0.3 is 0 Å². The van der Waals surface area contributed by atoms with E-state index in [4.69, 9.17) is 0 Å². The van der Waals surface area contributed by atoms with E-state index in [0.717, 1.165) is 17.4 Å². The average molecular weight is 406 g/mol. The van der Waals surface area contributed by atoms with E-state index in [0.29, 0.717) is 37.4 Å². The van der Waals surface area contributed by atoms with Gasteiger partial charge in [0.1, 0.15) is 0 Å². The van der Waals surface area contributed by atoms with Crippen molar-refractivity contribution < 1.29 is 9.59 Å². The number of para-hydroxylation sites is 1. The van der Waals surface area contributed by atoms with E-state index < -0.39 is 0 Å². The molecule has 1 unspecified atom stereocenters. The highest BCUT2D eigenvalue weighted by Crippen LogP contribution is 2.19.